The van der Waals surface area contributed by atoms with E-state index in [-0.39, 0.29) is 6.10 Å². The summed E-state index contributed by atoms with van der Waals surface area (Å²) < 4.78 is 5.92. The second-order valence-corrected chi connectivity index (χ2v) is 5.38. The van der Waals surface area contributed by atoms with Gasteiger partial charge in [0.05, 0.1) is 12.7 Å². The Labute approximate surface area is 114 Å². The smallest absolute Gasteiger partial charge is 0.129 e. The number of morpholine rings is 1. The number of fused-ring (bicyclic) bond motifs is 1. The standard InChI is InChI=1S/C14H22N4O/c1-2-11-6-14(17-10-16-11)15-7-13-8-18-5-3-4-12(18)9-19-13/h6,10,12-13H,2-5,7-9H2,1H3,(H,15,16,17). The van der Waals surface area contributed by atoms with Crippen LogP contribution in [0.3, 0.4) is 0 Å². The first-order valence-electron chi connectivity index (χ1n) is 7.25. The van der Waals surface area contributed by atoms with E-state index >= 15 is 0 Å². The lowest BCUT2D eigenvalue weighted by molar-refractivity contribution is -0.0416. The third kappa shape index (κ3) is 3.04. The van der Waals surface area contributed by atoms with Gasteiger partial charge >= 0.3 is 0 Å². The molecule has 104 valence electrons. The second kappa shape index (κ2) is 5.84. The molecule has 0 radical (unpaired) electrons. The highest BCUT2D eigenvalue weighted by molar-refractivity contribution is 5.34. The fourth-order valence-corrected chi connectivity index (χ4v) is 2.92. The molecule has 1 aromatic heterocycles. The van der Waals surface area contributed by atoms with Crippen molar-refractivity contribution in [3.8, 4) is 0 Å². The number of aromatic nitrogens is 2. The van der Waals surface area contributed by atoms with Crippen LogP contribution in [0.4, 0.5) is 5.82 Å². The van der Waals surface area contributed by atoms with Crippen molar-refractivity contribution in [2.45, 2.75) is 38.3 Å². The number of ether oxygens (including phenoxy) is 1. The van der Waals surface area contributed by atoms with Crippen LogP contribution in [0.1, 0.15) is 25.5 Å². The van der Waals surface area contributed by atoms with Crippen LogP contribution in [0, 0.1) is 0 Å². The Morgan fingerprint density at radius 1 is 1.47 bits per heavy atom. The zero-order valence-electron chi connectivity index (χ0n) is 11.5. The summed E-state index contributed by atoms with van der Waals surface area (Å²) in [5, 5.41) is 3.37. The molecule has 2 atom stereocenters. The van der Waals surface area contributed by atoms with Crippen molar-refractivity contribution in [3.05, 3.63) is 18.1 Å². The quantitative estimate of drug-likeness (QED) is 0.886. The molecule has 2 fully saturated rings. The van der Waals surface area contributed by atoms with E-state index in [9.17, 15) is 0 Å². The maximum Gasteiger partial charge on any atom is 0.129 e. The van der Waals surface area contributed by atoms with Gasteiger partial charge in [-0.25, -0.2) is 9.97 Å². The van der Waals surface area contributed by atoms with E-state index < -0.39 is 0 Å². The van der Waals surface area contributed by atoms with Gasteiger partial charge in [-0.15, -0.1) is 0 Å². The molecule has 19 heavy (non-hydrogen) atoms. The van der Waals surface area contributed by atoms with Gasteiger partial charge in [0.1, 0.15) is 12.1 Å². The summed E-state index contributed by atoms with van der Waals surface area (Å²) in [7, 11) is 0. The number of nitrogens with one attached hydrogen (secondary N) is 1. The fourth-order valence-electron chi connectivity index (χ4n) is 2.92. The number of hydrogen-bond donors (Lipinski definition) is 1. The topological polar surface area (TPSA) is 50.3 Å². The normalized spacial score (nSPS) is 27.2. The van der Waals surface area contributed by atoms with E-state index in [0.717, 1.165) is 37.6 Å². The molecule has 0 bridgehead atoms. The molecule has 0 aromatic carbocycles. The van der Waals surface area contributed by atoms with Crippen LogP contribution >= 0.6 is 0 Å². The fraction of sp³-hybridized carbons (Fsp3) is 0.714. The Balaban J connectivity index is 1.51. The summed E-state index contributed by atoms with van der Waals surface area (Å²) in [5.41, 5.74) is 1.07. The summed E-state index contributed by atoms with van der Waals surface area (Å²) in [4.78, 5) is 11.0. The first-order valence-corrected chi connectivity index (χ1v) is 7.25. The van der Waals surface area contributed by atoms with Crippen LogP contribution in [-0.2, 0) is 11.2 Å². The van der Waals surface area contributed by atoms with Crippen molar-refractivity contribution >= 4 is 5.82 Å². The monoisotopic (exact) mass is 262 g/mol. The number of hydrogen-bond acceptors (Lipinski definition) is 5. The van der Waals surface area contributed by atoms with Crippen molar-refractivity contribution in [2.24, 2.45) is 0 Å². The van der Waals surface area contributed by atoms with E-state index in [1.165, 1.54) is 19.4 Å². The molecule has 1 N–H and O–H groups in total. The lowest BCUT2D eigenvalue weighted by atomic mass is 10.2. The predicted molar refractivity (Wildman–Crippen MR) is 74.2 cm³/mol. The lowest BCUT2D eigenvalue weighted by Crippen LogP contribution is -2.48. The van der Waals surface area contributed by atoms with Crippen molar-refractivity contribution < 1.29 is 4.74 Å². The second-order valence-electron chi connectivity index (χ2n) is 5.38. The number of rotatable bonds is 4. The van der Waals surface area contributed by atoms with Crippen LogP contribution in [0.5, 0.6) is 0 Å². The van der Waals surface area contributed by atoms with Crippen molar-refractivity contribution in [2.75, 3.05) is 31.6 Å². The summed E-state index contributed by atoms with van der Waals surface area (Å²) in [6, 6.07) is 2.68. The van der Waals surface area contributed by atoms with Crippen molar-refractivity contribution in [1.82, 2.24) is 14.9 Å². The van der Waals surface area contributed by atoms with Crippen molar-refractivity contribution in [1.29, 1.82) is 0 Å². The molecule has 0 spiro atoms. The van der Waals surface area contributed by atoms with Crippen LogP contribution in [0.25, 0.3) is 0 Å². The highest BCUT2D eigenvalue weighted by Crippen LogP contribution is 2.22. The van der Waals surface area contributed by atoms with Gasteiger partial charge in [-0.1, -0.05) is 6.92 Å². The van der Waals surface area contributed by atoms with Gasteiger partial charge in [-0.3, -0.25) is 4.90 Å². The Morgan fingerprint density at radius 3 is 3.32 bits per heavy atom. The van der Waals surface area contributed by atoms with E-state index in [0.29, 0.717) is 6.04 Å². The van der Waals surface area contributed by atoms with E-state index in [1.807, 2.05) is 6.07 Å². The minimum absolute atomic E-state index is 0.273. The summed E-state index contributed by atoms with van der Waals surface area (Å²) in [5.74, 6) is 0.902. The van der Waals surface area contributed by atoms with Crippen molar-refractivity contribution in [3.63, 3.8) is 0 Å². The molecule has 2 aliphatic heterocycles. The molecular formula is C14H22N4O. The Kier molecular flexibility index (Phi) is 3.94. The molecule has 3 rings (SSSR count). The molecule has 0 saturated carbocycles. The molecule has 0 aliphatic carbocycles. The van der Waals surface area contributed by atoms with Crippen LogP contribution < -0.4 is 5.32 Å². The zero-order valence-corrected chi connectivity index (χ0v) is 11.5. The van der Waals surface area contributed by atoms with Gasteiger partial charge in [-0.05, 0) is 25.8 Å². The Hall–Kier alpha value is -1.20. The number of anilines is 1. The molecule has 2 saturated heterocycles. The predicted octanol–water partition coefficient (Wildman–Crippen LogP) is 1.31. The third-order valence-electron chi connectivity index (χ3n) is 4.06. The average Bonchev–Trinajstić information content (AvgIpc) is 2.93. The first kappa shape index (κ1) is 12.8. The molecule has 1 aromatic rings. The molecule has 3 heterocycles. The zero-order chi connectivity index (χ0) is 13.1. The Bertz CT molecular complexity index is 426. The minimum atomic E-state index is 0.273. The summed E-state index contributed by atoms with van der Waals surface area (Å²) in [6.45, 7) is 6.09. The van der Waals surface area contributed by atoms with E-state index in [2.05, 4.69) is 27.1 Å². The molecule has 5 heteroatoms. The largest absolute Gasteiger partial charge is 0.373 e. The average molecular weight is 262 g/mol. The first-order chi connectivity index (χ1) is 9.35. The number of nitrogens with zero attached hydrogens (tertiary/aromatic N) is 3. The molecular weight excluding hydrogens is 240 g/mol. The van der Waals surface area contributed by atoms with E-state index in [4.69, 9.17) is 4.74 Å². The molecule has 2 unspecified atom stereocenters. The van der Waals surface area contributed by atoms with Gasteiger partial charge in [0, 0.05) is 30.9 Å². The summed E-state index contributed by atoms with van der Waals surface area (Å²) in [6.07, 6.45) is 5.45. The van der Waals surface area contributed by atoms with Gasteiger partial charge in [0.15, 0.2) is 0 Å². The summed E-state index contributed by atoms with van der Waals surface area (Å²) >= 11 is 0. The maximum atomic E-state index is 5.92. The Morgan fingerprint density at radius 2 is 2.42 bits per heavy atom. The van der Waals surface area contributed by atoms with Gasteiger partial charge in [-0.2, -0.15) is 0 Å². The van der Waals surface area contributed by atoms with E-state index in [1.54, 1.807) is 6.33 Å². The highest BCUT2D eigenvalue weighted by atomic mass is 16.5. The third-order valence-corrected chi connectivity index (χ3v) is 4.06. The maximum absolute atomic E-state index is 5.92. The van der Waals surface area contributed by atoms with Gasteiger partial charge < -0.3 is 10.1 Å². The molecule has 0 amide bonds. The van der Waals surface area contributed by atoms with Gasteiger partial charge in [0.2, 0.25) is 0 Å². The lowest BCUT2D eigenvalue weighted by Gasteiger charge is -2.35. The van der Waals surface area contributed by atoms with Crippen LogP contribution in [-0.4, -0.2) is 53.3 Å². The minimum Gasteiger partial charge on any atom is -0.373 e. The molecule has 5 nitrogen and oxygen atoms in total. The van der Waals surface area contributed by atoms with Crippen LogP contribution in [0.2, 0.25) is 0 Å². The number of aryl methyl sites for hydroxylation is 1. The highest BCUT2D eigenvalue weighted by Gasteiger charge is 2.31. The van der Waals surface area contributed by atoms with Crippen LogP contribution in [0.15, 0.2) is 12.4 Å². The van der Waals surface area contributed by atoms with Gasteiger partial charge in [0.25, 0.3) is 0 Å². The molecule has 2 aliphatic rings. The SMILES string of the molecule is CCc1cc(NCC2CN3CCCC3CO2)ncn1.